The van der Waals surface area contributed by atoms with Gasteiger partial charge in [-0.25, -0.2) is 9.78 Å². The molecule has 0 unspecified atom stereocenters. The van der Waals surface area contributed by atoms with E-state index in [-0.39, 0.29) is 0 Å². The maximum absolute atomic E-state index is 10.2. The maximum Gasteiger partial charge on any atom is 0.409 e. The normalized spacial score (nSPS) is 9.64. The predicted octanol–water partition coefficient (Wildman–Crippen LogP) is 2.30. The van der Waals surface area contributed by atoms with Crippen LogP contribution in [0.4, 0.5) is 9.80 Å². The van der Waals surface area contributed by atoms with Gasteiger partial charge in [0, 0.05) is 0 Å². The summed E-state index contributed by atoms with van der Waals surface area (Å²) in [5.41, 5.74) is 0.685. The van der Waals surface area contributed by atoms with Gasteiger partial charge >= 0.3 is 6.09 Å². The number of halogens is 1. The van der Waals surface area contributed by atoms with Gasteiger partial charge in [-0.3, -0.25) is 5.32 Å². The molecular formula is C5H5BrN2O2S. The second-order valence-electron chi connectivity index (χ2n) is 1.81. The number of aromatic nitrogens is 1. The molecule has 6 heteroatoms. The zero-order chi connectivity index (χ0) is 8.43. The molecule has 0 bridgehead atoms. The maximum atomic E-state index is 10.2. The molecule has 0 aliphatic carbocycles. The first kappa shape index (κ1) is 8.48. The highest BCUT2D eigenvalue weighted by Crippen LogP contribution is 2.27. The molecule has 0 spiro atoms. The summed E-state index contributed by atoms with van der Waals surface area (Å²) in [6.07, 6.45) is -1.07. The molecule has 0 fully saturated rings. The summed E-state index contributed by atoms with van der Waals surface area (Å²) < 4.78 is 0.679. The van der Waals surface area contributed by atoms with Crippen LogP contribution in [0.2, 0.25) is 0 Å². The van der Waals surface area contributed by atoms with E-state index >= 15 is 0 Å². The topological polar surface area (TPSA) is 62.2 Å². The smallest absolute Gasteiger partial charge is 0.409 e. The number of amides is 1. The zero-order valence-corrected chi connectivity index (χ0v) is 7.99. The Labute approximate surface area is 75.4 Å². The molecule has 1 amide bonds. The van der Waals surface area contributed by atoms with Crippen molar-refractivity contribution >= 4 is 38.4 Å². The second-order valence-corrected chi connectivity index (χ2v) is 4.09. The molecule has 11 heavy (non-hydrogen) atoms. The number of carboxylic acid groups (broad SMARTS) is 1. The number of hydrogen-bond acceptors (Lipinski definition) is 3. The van der Waals surface area contributed by atoms with Crippen molar-refractivity contribution in [3.63, 3.8) is 0 Å². The number of anilines is 1. The SMILES string of the molecule is Cc1nc(Br)sc1NC(=O)O. The van der Waals surface area contributed by atoms with Gasteiger partial charge in [0.1, 0.15) is 5.00 Å². The average Bonchev–Trinajstić information content (AvgIpc) is 2.09. The monoisotopic (exact) mass is 236 g/mol. The molecule has 0 radical (unpaired) electrons. The summed E-state index contributed by atoms with van der Waals surface area (Å²) in [6.45, 7) is 1.74. The minimum absolute atomic E-state index is 0.560. The number of nitrogens with zero attached hydrogens (tertiary/aromatic N) is 1. The number of carbonyl (C=O) groups is 1. The van der Waals surface area contributed by atoms with Crippen molar-refractivity contribution < 1.29 is 9.90 Å². The van der Waals surface area contributed by atoms with Crippen LogP contribution in [0.5, 0.6) is 0 Å². The summed E-state index contributed by atoms with van der Waals surface area (Å²) in [7, 11) is 0. The van der Waals surface area contributed by atoms with Gasteiger partial charge < -0.3 is 5.11 Å². The van der Waals surface area contributed by atoms with Crippen LogP contribution in [0, 0.1) is 6.92 Å². The summed E-state index contributed by atoms with van der Waals surface area (Å²) in [5, 5.41) is 11.1. The lowest BCUT2D eigenvalue weighted by Crippen LogP contribution is -2.06. The van der Waals surface area contributed by atoms with Crippen molar-refractivity contribution in [2.45, 2.75) is 6.92 Å². The summed E-state index contributed by atoms with van der Waals surface area (Å²) in [6, 6.07) is 0. The number of thiazole rings is 1. The third kappa shape index (κ3) is 2.16. The van der Waals surface area contributed by atoms with Gasteiger partial charge in [-0.05, 0) is 22.9 Å². The second kappa shape index (κ2) is 3.19. The van der Waals surface area contributed by atoms with Crippen LogP contribution >= 0.6 is 27.3 Å². The average molecular weight is 237 g/mol. The molecule has 1 rings (SSSR count). The molecule has 60 valence electrons. The van der Waals surface area contributed by atoms with Crippen molar-refractivity contribution in [2.24, 2.45) is 0 Å². The van der Waals surface area contributed by atoms with Crippen molar-refractivity contribution in [2.75, 3.05) is 5.32 Å². The molecule has 1 heterocycles. The van der Waals surface area contributed by atoms with Gasteiger partial charge in [0.05, 0.1) is 5.69 Å². The van der Waals surface area contributed by atoms with Crippen molar-refractivity contribution in [1.29, 1.82) is 0 Å². The molecule has 4 nitrogen and oxygen atoms in total. The van der Waals surface area contributed by atoms with Gasteiger partial charge in [0.25, 0.3) is 0 Å². The van der Waals surface area contributed by atoms with Crippen LogP contribution in [0.1, 0.15) is 5.69 Å². The number of nitrogens with one attached hydrogen (secondary N) is 1. The van der Waals surface area contributed by atoms with Gasteiger partial charge in [-0.15, -0.1) is 0 Å². The Bertz CT molecular complexity index is 286. The molecule has 1 aromatic rings. The minimum atomic E-state index is -1.07. The lowest BCUT2D eigenvalue weighted by Gasteiger charge is -1.93. The molecule has 0 aliphatic heterocycles. The van der Waals surface area contributed by atoms with Crippen LogP contribution in [0.25, 0.3) is 0 Å². The highest BCUT2D eigenvalue weighted by molar-refractivity contribution is 9.11. The Morgan fingerprint density at radius 3 is 2.82 bits per heavy atom. The molecule has 2 N–H and O–H groups in total. The molecular weight excluding hydrogens is 232 g/mol. The van der Waals surface area contributed by atoms with Gasteiger partial charge in [0.2, 0.25) is 0 Å². The first-order valence-electron chi connectivity index (χ1n) is 2.72. The Hall–Kier alpha value is -0.620. The van der Waals surface area contributed by atoms with E-state index < -0.39 is 6.09 Å². The number of aryl methyl sites for hydroxylation is 1. The summed E-state index contributed by atoms with van der Waals surface area (Å²) in [4.78, 5) is 14.2. The van der Waals surface area contributed by atoms with Crippen LogP contribution in [0.3, 0.4) is 0 Å². The minimum Gasteiger partial charge on any atom is -0.465 e. The van der Waals surface area contributed by atoms with Crippen LogP contribution in [0.15, 0.2) is 3.92 Å². The van der Waals surface area contributed by atoms with Crippen molar-refractivity contribution in [1.82, 2.24) is 4.98 Å². The van der Waals surface area contributed by atoms with Gasteiger partial charge in [-0.2, -0.15) is 0 Å². The van der Waals surface area contributed by atoms with E-state index in [1.807, 2.05) is 0 Å². The molecule has 0 aromatic carbocycles. The fourth-order valence-corrected chi connectivity index (χ4v) is 2.01. The zero-order valence-electron chi connectivity index (χ0n) is 5.59. The fourth-order valence-electron chi connectivity index (χ4n) is 0.577. The summed E-state index contributed by atoms with van der Waals surface area (Å²) >= 11 is 4.40. The van der Waals surface area contributed by atoms with Crippen LogP contribution in [-0.4, -0.2) is 16.2 Å². The number of rotatable bonds is 1. The Kier molecular flexibility index (Phi) is 2.45. The third-order valence-corrected chi connectivity index (χ3v) is 2.52. The Morgan fingerprint density at radius 1 is 1.82 bits per heavy atom. The fraction of sp³-hybridized carbons (Fsp3) is 0.200. The molecule has 0 saturated carbocycles. The van der Waals surface area contributed by atoms with Crippen molar-refractivity contribution in [3.8, 4) is 0 Å². The van der Waals surface area contributed by atoms with Crippen LogP contribution in [-0.2, 0) is 0 Å². The number of hydrogen-bond donors (Lipinski definition) is 2. The third-order valence-electron chi connectivity index (χ3n) is 0.991. The Balaban J connectivity index is 2.85. The van der Waals surface area contributed by atoms with E-state index in [0.717, 1.165) is 0 Å². The van der Waals surface area contributed by atoms with E-state index in [1.54, 1.807) is 6.92 Å². The van der Waals surface area contributed by atoms with E-state index in [0.29, 0.717) is 14.6 Å². The Morgan fingerprint density at radius 2 is 2.45 bits per heavy atom. The first-order chi connectivity index (χ1) is 5.09. The van der Waals surface area contributed by atoms with Crippen molar-refractivity contribution in [3.05, 3.63) is 9.61 Å². The highest BCUT2D eigenvalue weighted by atomic mass is 79.9. The lowest BCUT2D eigenvalue weighted by molar-refractivity contribution is 0.210. The molecule has 0 atom stereocenters. The predicted molar refractivity (Wildman–Crippen MR) is 46.2 cm³/mol. The molecule has 0 saturated heterocycles. The van der Waals surface area contributed by atoms with E-state index in [2.05, 4.69) is 26.2 Å². The molecule has 1 aromatic heterocycles. The van der Waals surface area contributed by atoms with Gasteiger partial charge in [-0.1, -0.05) is 11.3 Å². The highest BCUT2D eigenvalue weighted by Gasteiger charge is 2.06. The largest absolute Gasteiger partial charge is 0.465 e. The van der Waals surface area contributed by atoms with E-state index in [1.165, 1.54) is 11.3 Å². The molecule has 0 aliphatic rings. The van der Waals surface area contributed by atoms with E-state index in [9.17, 15) is 4.79 Å². The van der Waals surface area contributed by atoms with Gasteiger partial charge in [0.15, 0.2) is 3.92 Å². The summed E-state index contributed by atoms with van der Waals surface area (Å²) in [5.74, 6) is 0. The van der Waals surface area contributed by atoms with E-state index in [4.69, 9.17) is 5.11 Å². The van der Waals surface area contributed by atoms with Crippen LogP contribution < -0.4 is 5.32 Å². The standard InChI is InChI=1S/C5H5BrN2O2S/c1-2-3(8-5(9)10)11-4(6)7-2/h8H,1H3,(H,9,10). The quantitative estimate of drug-likeness (QED) is 0.787. The first-order valence-corrected chi connectivity index (χ1v) is 4.33. The lowest BCUT2D eigenvalue weighted by atomic mass is 10.5.